The molecule has 0 aliphatic carbocycles. The SMILES string of the molecule is CCCCS(=O)(=O)Nc1c(F)c(F)cc(F)c1F. The number of benzene rings is 1. The quantitative estimate of drug-likeness (QED) is 0.668. The summed E-state index contributed by atoms with van der Waals surface area (Å²) in [4.78, 5) is 0. The average Bonchev–Trinajstić information content (AvgIpc) is 2.30. The van der Waals surface area contributed by atoms with Crippen LogP contribution in [0, 0.1) is 23.3 Å². The fourth-order valence-corrected chi connectivity index (χ4v) is 2.46. The summed E-state index contributed by atoms with van der Waals surface area (Å²) in [6.45, 7) is 1.72. The third kappa shape index (κ3) is 3.34. The highest BCUT2D eigenvalue weighted by molar-refractivity contribution is 7.92. The van der Waals surface area contributed by atoms with E-state index in [9.17, 15) is 26.0 Å². The van der Waals surface area contributed by atoms with Crippen LogP contribution >= 0.6 is 0 Å². The average molecular weight is 285 g/mol. The first-order valence-electron chi connectivity index (χ1n) is 5.12. The lowest BCUT2D eigenvalue weighted by molar-refractivity contribution is 0.459. The summed E-state index contributed by atoms with van der Waals surface area (Å²) in [5.74, 6) is -7.26. The summed E-state index contributed by atoms with van der Waals surface area (Å²) in [7, 11) is -4.04. The Balaban J connectivity index is 3.12. The van der Waals surface area contributed by atoms with Crippen LogP contribution in [0.3, 0.4) is 0 Å². The van der Waals surface area contributed by atoms with E-state index in [0.717, 1.165) is 0 Å². The maximum Gasteiger partial charge on any atom is 0.232 e. The summed E-state index contributed by atoms with van der Waals surface area (Å²) in [5, 5.41) is 0. The maximum absolute atomic E-state index is 13.2. The molecular weight excluding hydrogens is 274 g/mol. The second kappa shape index (κ2) is 5.55. The highest BCUT2D eigenvalue weighted by Crippen LogP contribution is 2.25. The van der Waals surface area contributed by atoms with Gasteiger partial charge in [0.25, 0.3) is 0 Å². The molecule has 1 N–H and O–H groups in total. The number of halogens is 4. The lowest BCUT2D eigenvalue weighted by Crippen LogP contribution is -2.19. The van der Waals surface area contributed by atoms with Gasteiger partial charge >= 0.3 is 0 Å². The van der Waals surface area contributed by atoms with Crippen LogP contribution in [-0.4, -0.2) is 14.2 Å². The minimum absolute atomic E-state index is 0.00844. The molecule has 1 aromatic carbocycles. The van der Waals surface area contributed by atoms with Crippen molar-refractivity contribution in [1.29, 1.82) is 0 Å². The van der Waals surface area contributed by atoms with E-state index in [1.54, 1.807) is 6.92 Å². The fourth-order valence-electron chi connectivity index (χ4n) is 1.20. The van der Waals surface area contributed by atoms with Crippen LogP contribution < -0.4 is 4.72 Å². The number of sulfonamides is 1. The highest BCUT2D eigenvalue weighted by Gasteiger charge is 2.22. The second-order valence-corrected chi connectivity index (χ2v) is 5.46. The lowest BCUT2D eigenvalue weighted by atomic mass is 10.3. The number of rotatable bonds is 5. The van der Waals surface area contributed by atoms with Crippen molar-refractivity contribution < 1.29 is 26.0 Å². The summed E-state index contributed by atoms with van der Waals surface area (Å²) >= 11 is 0. The van der Waals surface area contributed by atoms with E-state index in [-0.39, 0.29) is 18.2 Å². The van der Waals surface area contributed by atoms with Crippen LogP contribution in [0.1, 0.15) is 19.8 Å². The van der Waals surface area contributed by atoms with Gasteiger partial charge in [-0.1, -0.05) is 13.3 Å². The topological polar surface area (TPSA) is 46.2 Å². The first-order chi connectivity index (χ1) is 8.28. The molecular formula is C10H11F4NO2S. The summed E-state index contributed by atoms with van der Waals surface area (Å²) < 4.78 is 76.3. The Labute approximate surface area is 102 Å². The molecule has 0 radical (unpaired) electrons. The van der Waals surface area contributed by atoms with Gasteiger partial charge in [-0.05, 0) is 6.42 Å². The van der Waals surface area contributed by atoms with Crippen molar-refractivity contribution in [1.82, 2.24) is 0 Å². The molecule has 1 rings (SSSR count). The van der Waals surface area contributed by atoms with Crippen LogP contribution in [0.25, 0.3) is 0 Å². The van der Waals surface area contributed by atoms with Gasteiger partial charge < -0.3 is 0 Å². The largest absolute Gasteiger partial charge is 0.278 e. The van der Waals surface area contributed by atoms with Crippen LogP contribution in [0.5, 0.6) is 0 Å². The molecule has 0 heterocycles. The van der Waals surface area contributed by atoms with Crippen molar-refractivity contribution in [3.63, 3.8) is 0 Å². The standard InChI is InChI=1S/C10H11F4NO2S/c1-2-3-4-18(16,17)15-10-8(13)6(11)5-7(12)9(10)14/h5,15H,2-4H2,1H3. The van der Waals surface area contributed by atoms with E-state index in [2.05, 4.69) is 0 Å². The number of hydrogen-bond acceptors (Lipinski definition) is 2. The van der Waals surface area contributed by atoms with Gasteiger partial charge in [0.2, 0.25) is 10.0 Å². The van der Waals surface area contributed by atoms with Crippen molar-refractivity contribution >= 4 is 15.7 Å². The summed E-state index contributed by atoms with van der Waals surface area (Å²) in [6.07, 6.45) is 0.805. The smallest absolute Gasteiger partial charge is 0.232 e. The minimum atomic E-state index is -4.04. The van der Waals surface area contributed by atoms with Crippen LogP contribution in [-0.2, 0) is 10.0 Å². The predicted molar refractivity (Wildman–Crippen MR) is 58.6 cm³/mol. The first-order valence-corrected chi connectivity index (χ1v) is 6.77. The zero-order valence-corrected chi connectivity index (χ0v) is 10.3. The number of unbranched alkanes of at least 4 members (excludes halogenated alkanes) is 1. The predicted octanol–water partition coefficient (Wildman–Crippen LogP) is 2.78. The zero-order valence-electron chi connectivity index (χ0n) is 9.44. The van der Waals surface area contributed by atoms with E-state index >= 15 is 0 Å². The monoisotopic (exact) mass is 285 g/mol. The normalized spacial score (nSPS) is 11.6. The third-order valence-corrected chi connectivity index (χ3v) is 3.48. The minimum Gasteiger partial charge on any atom is -0.278 e. The van der Waals surface area contributed by atoms with E-state index in [4.69, 9.17) is 0 Å². The molecule has 0 spiro atoms. The summed E-state index contributed by atoms with van der Waals surface area (Å²) in [6, 6.07) is 0.00844. The molecule has 0 aliphatic rings. The molecule has 0 amide bonds. The molecule has 1 aromatic rings. The van der Waals surface area contributed by atoms with Gasteiger partial charge in [-0.25, -0.2) is 26.0 Å². The molecule has 0 aromatic heterocycles. The highest BCUT2D eigenvalue weighted by atomic mass is 32.2. The lowest BCUT2D eigenvalue weighted by Gasteiger charge is -2.10. The molecule has 0 unspecified atom stereocenters. The molecule has 3 nitrogen and oxygen atoms in total. The van der Waals surface area contributed by atoms with Crippen LogP contribution in [0.15, 0.2) is 6.07 Å². The van der Waals surface area contributed by atoms with E-state index in [0.29, 0.717) is 6.42 Å². The summed E-state index contributed by atoms with van der Waals surface area (Å²) in [5.41, 5.74) is -1.33. The van der Waals surface area contributed by atoms with Gasteiger partial charge in [0.15, 0.2) is 23.3 Å². The van der Waals surface area contributed by atoms with Gasteiger partial charge in [0.05, 0.1) is 5.75 Å². The van der Waals surface area contributed by atoms with Gasteiger partial charge in [0.1, 0.15) is 5.69 Å². The van der Waals surface area contributed by atoms with Gasteiger partial charge in [0, 0.05) is 6.07 Å². The van der Waals surface area contributed by atoms with Gasteiger partial charge in [-0.3, -0.25) is 4.72 Å². The molecule has 0 saturated heterocycles. The van der Waals surface area contributed by atoms with Crippen molar-refractivity contribution in [2.24, 2.45) is 0 Å². The fraction of sp³-hybridized carbons (Fsp3) is 0.400. The molecule has 102 valence electrons. The maximum atomic E-state index is 13.2. The number of anilines is 1. The van der Waals surface area contributed by atoms with Crippen molar-refractivity contribution in [2.45, 2.75) is 19.8 Å². The van der Waals surface area contributed by atoms with E-state index in [1.165, 1.54) is 4.72 Å². The first kappa shape index (κ1) is 14.7. The Kier molecular flexibility index (Phi) is 4.55. The Morgan fingerprint density at radius 3 is 2.06 bits per heavy atom. The molecule has 0 saturated carbocycles. The number of nitrogens with one attached hydrogen (secondary N) is 1. The molecule has 0 aliphatic heterocycles. The van der Waals surface area contributed by atoms with Crippen molar-refractivity contribution in [3.8, 4) is 0 Å². The van der Waals surface area contributed by atoms with Crippen molar-refractivity contribution in [3.05, 3.63) is 29.3 Å². The molecule has 0 fully saturated rings. The van der Waals surface area contributed by atoms with Crippen LogP contribution in [0.4, 0.5) is 23.2 Å². The van der Waals surface area contributed by atoms with Crippen molar-refractivity contribution in [2.75, 3.05) is 10.5 Å². The molecule has 0 bridgehead atoms. The van der Waals surface area contributed by atoms with Crippen LogP contribution in [0.2, 0.25) is 0 Å². The second-order valence-electron chi connectivity index (χ2n) is 3.62. The number of hydrogen-bond donors (Lipinski definition) is 1. The third-order valence-electron chi connectivity index (χ3n) is 2.14. The molecule has 8 heteroatoms. The Hall–Kier alpha value is -1.31. The Morgan fingerprint density at radius 1 is 1.11 bits per heavy atom. The Morgan fingerprint density at radius 2 is 1.61 bits per heavy atom. The molecule has 0 atom stereocenters. The van der Waals surface area contributed by atoms with Gasteiger partial charge in [-0.15, -0.1) is 0 Å². The van der Waals surface area contributed by atoms with Gasteiger partial charge in [-0.2, -0.15) is 0 Å². The van der Waals surface area contributed by atoms with E-state index in [1.807, 2.05) is 0 Å². The Bertz CT molecular complexity index is 519. The molecule has 18 heavy (non-hydrogen) atoms. The zero-order chi connectivity index (χ0) is 13.9. The van der Waals surface area contributed by atoms with E-state index < -0.39 is 39.0 Å².